The fraction of sp³-hybridized carbons (Fsp3) is 0.234. The van der Waals surface area contributed by atoms with Gasteiger partial charge >= 0.3 is 0 Å². The van der Waals surface area contributed by atoms with E-state index in [0.717, 1.165) is 72.6 Å². The fourth-order valence-corrected chi connectivity index (χ4v) is 16.1. The van der Waals surface area contributed by atoms with Gasteiger partial charge in [0.05, 0.1) is 22.7 Å². The second kappa shape index (κ2) is 26.5. The summed E-state index contributed by atoms with van der Waals surface area (Å²) in [5.74, 6) is -0.735. The highest BCUT2D eigenvalue weighted by atomic mass is 19.1. The number of aryl methyl sites for hydroxylation is 2. The molecular formula is C94H92F3N3. The van der Waals surface area contributed by atoms with E-state index in [1.165, 1.54) is 50.1 Å². The summed E-state index contributed by atoms with van der Waals surface area (Å²) in [6, 6.07) is 84.6. The Kier molecular flexibility index (Phi) is 17.1. The minimum absolute atomic E-state index is 0.0918. The van der Waals surface area contributed by atoms with Crippen molar-refractivity contribution in [2.45, 2.75) is 145 Å². The summed E-state index contributed by atoms with van der Waals surface area (Å²) in [5, 5.41) is 0. The van der Waals surface area contributed by atoms with Crippen LogP contribution in [0.4, 0.5) is 47.3 Å². The van der Waals surface area contributed by atoms with E-state index in [4.69, 9.17) is 4.11 Å². The van der Waals surface area contributed by atoms with E-state index in [1.54, 1.807) is 30.3 Å². The molecule has 0 saturated carbocycles. The zero-order valence-corrected chi connectivity index (χ0v) is 60.4. The van der Waals surface area contributed by atoms with Gasteiger partial charge in [-0.15, -0.1) is 0 Å². The maximum absolute atomic E-state index is 16.1. The summed E-state index contributed by atoms with van der Waals surface area (Å²) in [4.78, 5) is 6.17. The minimum atomic E-state index is -2.37. The average molecular weight is 1320 g/mol. The Balaban J connectivity index is 0.000000138. The predicted molar refractivity (Wildman–Crippen MR) is 418 cm³/mol. The molecule has 0 fully saturated rings. The smallest absolute Gasteiger partial charge is 0.147 e. The van der Waals surface area contributed by atoms with Gasteiger partial charge in [0.1, 0.15) is 17.5 Å². The molecule has 12 aromatic carbocycles. The van der Waals surface area contributed by atoms with E-state index < -0.39 is 6.85 Å². The Morgan fingerprint density at radius 1 is 0.320 bits per heavy atom. The maximum Gasteiger partial charge on any atom is 0.147 e. The molecule has 6 heteroatoms. The molecule has 0 aliphatic heterocycles. The van der Waals surface area contributed by atoms with Gasteiger partial charge in [0.2, 0.25) is 0 Å². The lowest BCUT2D eigenvalue weighted by Gasteiger charge is -2.39. The first kappa shape index (κ1) is 64.5. The molecule has 0 bridgehead atoms. The van der Waals surface area contributed by atoms with Gasteiger partial charge in [-0.25, -0.2) is 13.2 Å². The standard InChI is InChI=1S/C32H32FN.2C31H30FN/c1-21-18-23(22-12-8-7-9-13-22)16-17-29(21)34(31(2,3)4)30-20-27-25(19-28(30)33)24-14-10-11-15-26(24)32(27,5)6;1-20(2)33(30-21(3)12-11-16-23(30)22-13-7-6-8-14-22)29-19-27-25(18-28(29)32)24-15-9-10-17-26(24)31(27,4)5;1-20(2)33(29-17-11-15-23(21(29)3)22-12-7-6-8-13-22)30-19-27-25(18-28(30)32)24-14-9-10-16-26(24)31(27,4)5/h7-20H,1-6H3;2*6-20H,1-5H3/i;3D3;. The molecule has 15 rings (SSSR count). The summed E-state index contributed by atoms with van der Waals surface area (Å²) < 4.78 is 72.7. The molecule has 3 aliphatic rings. The molecule has 0 heterocycles. The number of para-hydroxylation sites is 1. The monoisotopic (exact) mass is 1320 g/mol. The molecule has 0 atom stereocenters. The highest BCUT2D eigenvalue weighted by Gasteiger charge is 2.41. The molecule has 0 N–H and O–H groups in total. The molecule has 504 valence electrons. The minimum Gasteiger partial charge on any atom is -0.336 e. The third-order valence-corrected chi connectivity index (χ3v) is 21.0. The Hall–Kier alpha value is -10.2. The summed E-state index contributed by atoms with van der Waals surface area (Å²) >= 11 is 0. The number of hydrogen-bond acceptors (Lipinski definition) is 3. The van der Waals surface area contributed by atoms with Crippen molar-refractivity contribution in [3.8, 4) is 66.8 Å². The van der Waals surface area contributed by atoms with Crippen molar-refractivity contribution in [1.29, 1.82) is 0 Å². The lowest BCUT2D eigenvalue weighted by atomic mass is 9.82. The Labute approximate surface area is 596 Å². The SMILES string of the molecule is Cc1c(-c2ccccc2)cccc1N(c1cc2c(cc1F)-c1ccccc1C2(C)C)C(C)C.Cc1cc(-c2ccccc2)ccc1N(c1cc2c(cc1F)-c1ccccc1C2(C)C)C(C)(C)C.[2H]C([2H])([2H])c1cccc(-c2ccccc2)c1N(c1cc2c(cc1F)-c1ccccc1C2(C)C)C(C)C. The quantitative estimate of drug-likeness (QED) is 0.128. The number of halogens is 3. The van der Waals surface area contributed by atoms with E-state index in [-0.39, 0.29) is 56.9 Å². The summed E-state index contributed by atoms with van der Waals surface area (Å²) in [5.41, 5.74) is 25.4. The van der Waals surface area contributed by atoms with Crippen LogP contribution in [-0.4, -0.2) is 17.6 Å². The van der Waals surface area contributed by atoms with Gasteiger partial charge in [0.25, 0.3) is 0 Å². The maximum atomic E-state index is 16.1. The summed E-state index contributed by atoms with van der Waals surface area (Å²) in [7, 11) is 0. The van der Waals surface area contributed by atoms with Crippen LogP contribution in [-0.2, 0) is 16.2 Å². The third kappa shape index (κ3) is 12.1. The van der Waals surface area contributed by atoms with Crippen LogP contribution in [0, 0.1) is 38.2 Å². The molecule has 3 aliphatic carbocycles. The number of fused-ring (bicyclic) bond motifs is 9. The van der Waals surface area contributed by atoms with Crippen LogP contribution in [0.25, 0.3) is 66.8 Å². The second-order valence-corrected chi connectivity index (χ2v) is 30.2. The molecule has 100 heavy (non-hydrogen) atoms. The Bertz CT molecular complexity index is 5180. The molecule has 0 spiro atoms. The first-order chi connectivity index (χ1) is 48.9. The van der Waals surface area contributed by atoms with Crippen LogP contribution in [0.5, 0.6) is 0 Å². The van der Waals surface area contributed by atoms with Crippen LogP contribution in [0.3, 0.4) is 0 Å². The molecule has 0 amide bonds. The van der Waals surface area contributed by atoms with Gasteiger partial charge in [-0.1, -0.05) is 242 Å². The lowest BCUT2D eigenvalue weighted by Crippen LogP contribution is -2.38. The normalized spacial score (nSPS) is 14.3. The van der Waals surface area contributed by atoms with Crippen LogP contribution in [0.2, 0.25) is 0 Å². The molecule has 3 nitrogen and oxygen atoms in total. The number of nitrogens with zero attached hydrogens (tertiary/aromatic N) is 3. The summed E-state index contributed by atoms with van der Waals surface area (Å²) in [6.45, 7) is 29.8. The van der Waals surface area contributed by atoms with Gasteiger partial charge in [0.15, 0.2) is 0 Å². The van der Waals surface area contributed by atoms with Crippen molar-refractivity contribution in [2.24, 2.45) is 0 Å². The molecular weight excluding hydrogens is 1230 g/mol. The third-order valence-electron chi connectivity index (χ3n) is 21.0. The predicted octanol–water partition coefficient (Wildman–Crippen LogP) is 26.4. The molecule has 0 radical (unpaired) electrons. The summed E-state index contributed by atoms with van der Waals surface area (Å²) in [6.07, 6.45) is 0. The van der Waals surface area contributed by atoms with E-state index in [9.17, 15) is 0 Å². The topological polar surface area (TPSA) is 9.72 Å². The van der Waals surface area contributed by atoms with Crippen molar-refractivity contribution in [3.63, 3.8) is 0 Å². The fourth-order valence-electron chi connectivity index (χ4n) is 16.1. The Morgan fingerprint density at radius 3 is 1.14 bits per heavy atom. The van der Waals surface area contributed by atoms with E-state index in [2.05, 4.69) is 239 Å². The van der Waals surface area contributed by atoms with E-state index in [1.807, 2.05) is 104 Å². The molecule has 0 saturated heterocycles. The highest BCUT2D eigenvalue weighted by molar-refractivity contribution is 5.90. The van der Waals surface area contributed by atoms with Crippen molar-refractivity contribution < 1.29 is 17.3 Å². The largest absolute Gasteiger partial charge is 0.336 e. The first-order valence-corrected chi connectivity index (χ1v) is 35.1. The van der Waals surface area contributed by atoms with Crippen LogP contribution >= 0.6 is 0 Å². The van der Waals surface area contributed by atoms with E-state index >= 15 is 13.2 Å². The second-order valence-electron chi connectivity index (χ2n) is 30.2. The van der Waals surface area contributed by atoms with Crippen molar-refractivity contribution in [1.82, 2.24) is 0 Å². The van der Waals surface area contributed by atoms with Gasteiger partial charge in [0, 0.05) is 54.9 Å². The molecule has 0 aromatic heterocycles. The number of rotatable bonds is 11. The number of benzene rings is 12. The highest BCUT2D eigenvalue weighted by Crippen LogP contribution is 2.55. The van der Waals surface area contributed by atoms with Gasteiger partial charge < -0.3 is 14.7 Å². The molecule has 12 aromatic rings. The van der Waals surface area contributed by atoms with Crippen LogP contribution in [0.15, 0.2) is 255 Å². The average Bonchev–Trinajstić information content (AvgIpc) is 1.61. The zero-order valence-electron chi connectivity index (χ0n) is 63.4. The number of hydrogen-bond donors (Lipinski definition) is 0. The van der Waals surface area contributed by atoms with Crippen LogP contribution < -0.4 is 14.7 Å². The van der Waals surface area contributed by atoms with Gasteiger partial charge in [-0.2, -0.15) is 0 Å². The van der Waals surface area contributed by atoms with Crippen molar-refractivity contribution in [2.75, 3.05) is 14.7 Å². The van der Waals surface area contributed by atoms with Gasteiger partial charge in [-0.05, 0) is 235 Å². The zero-order chi connectivity index (χ0) is 73.4. The molecule has 0 unspecified atom stereocenters. The lowest BCUT2D eigenvalue weighted by molar-refractivity contribution is 0.539. The van der Waals surface area contributed by atoms with Crippen LogP contribution in [0.1, 0.15) is 144 Å². The van der Waals surface area contributed by atoms with Crippen molar-refractivity contribution >= 4 is 34.1 Å². The Morgan fingerprint density at radius 2 is 0.700 bits per heavy atom. The number of anilines is 6. The van der Waals surface area contributed by atoms with Gasteiger partial charge in [-0.3, -0.25) is 0 Å². The van der Waals surface area contributed by atoms with Crippen molar-refractivity contribution in [3.05, 3.63) is 322 Å². The first-order valence-electron chi connectivity index (χ1n) is 36.6. The van der Waals surface area contributed by atoms with E-state index in [0.29, 0.717) is 22.7 Å².